The van der Waals surface area contributed by atoms with Gasteiger partial charge in [0.05, 0.1) is 0 Å². The van der Waals surface area contributed by atoms with Gasteiger partial charge in [-0.2, -0.15) is 4.98 Å². The van der Waals surface area contributed by atoms with Crippen LogP contribution in [0.5, 0.6) is 11.6 Å². The van der Waals surface area contributed by atoms with Gasteiger partial charge in [0.1, 0.15) is 17.4 Å². The first-order valence-corrected chi connectivity index (χ1v) is 9.70. The molecule has 1 N–H and O–H groups in total. The third-order valence-corrected chi connectivity index (χ3v) is 4.64. The van der Waals surface area contributed by atoms with Gasteiger partial charge in [0, 0.05) is 34.2 Å². The summed E-state index contributed by atoms with van der Waals surface area (Å²) in [7, 11) is 0. The number of halogens is 1. The van der Waals surface area contributed by atoms with E-state index >= 15 is 0 Å². The molecule has 0 aliphatic rings. The number of benzene rings is 2. The Balaban J connectivity index is 1.46. The number of carbonyl (C=O) groups is 1. The molecule has 7 heteroatoms. The molecule has 4 aromatic rings. The molecule has 4 rings (SSSR count). The topological polar surface area (TPSA) is 69.0 Å². The second kappa shape index (κ2) is 8.28. The lowest BCUT2D eigenvalue weighted by Gasteiger charge is -2.10. The van der Waals surface area contributed by atoms with Gasteiger partial charge in [-0.15, -0.1) is 0 Å². The van der Waals surface area contributed by atoms with Gasteiger partial charge >= 0.3 is 0 Å². The van der Waals surface area contributed by atoms with Crippen molar-refractivity contribution in [2.45, 2.75) is 6.92 Å². The minimum Gasteiger partial charge on any atom is -0.439 e. The molecule has 0 aliphatic carbocycles. The molecule has 0 spiro atoms. The van der Waals surface area contributed by atoms with Crippen LogP contribution in [0, 0.1) is 6.92 Å². The summed E-state index contributed by atoms with van der Waals surface area (Å²) in [5, 5.41) is 2.87. The maximum atomic E-state index is 12.3. The van der Waals surface area contributed by atoms with E-state index in [1.807, 2.05) is 48.1 Å². The number of anilines is 1. The maximum absolute atomic E-state index is 12.3. The molecule has 144 valence electrons. The van der Waals surface area contributed by atoms with Gasteiger partial charge in [-0.3, -0.25) is 4.79 Å². The fourth-order valence-corrected chi connectivity index (χ4v) is 2.99. The largest absolute Gasteiger partial charge is 0.439 e. The van der Waals surface area contributed by atoms with Crippen molar-refractivity contribution in [2.75, 3.05) is 5.32 Å². The van der Waals surface area contributed by atoms with Crippen LogP contribution < -0.4 is 10.1 Å². The van der Waals surface area contributed by atoms with E-state index in [0.717, 1.165) is 10.3 Å². The Morgan fingerprint density at radius 3 is 2.38 bits per heavy atom. The minimum absolute atomic E-state index is 0.172. The van der Waals surface area contributed by atoms with Gasteiger partial charge < -0.3 is 14.6 Å². The Hall–Kier alpha value is -3.45. The third kappa shape index (κ3) is 4.70. The summed E-state index contributed by atoms with van der Waals surface area (Å²) in [4.78, 5) is 21.1. The van der Waals surface area contributed by atoms with Gasteiger partial charge in [0.15, 0.2) is 0 Å². The molecule has 29 heavy (non-hydrogen) atoms. The van der Waals surface area contributed by atoms with E-state index in [-0.39, 0.29) is 5.91 Å². The van der Waals surface area contributed by atoms with Crippen molar-refractivity contribution in [3.05, 3.63) is 95.0 Å². The lowest BCUT2D eigenvalue weighted by atomic mass is 10.2. The zero-order valence-electron chi connectivity index (χ0n) is 15.5. The smallest absolute Gasteiger partial charge is 0.255 e. The number of amides is 1. The van der Waals surface area contributed by atoms with Crippen molar-refractivity contribution in [1.82, 2.24) is 14.5 Å². The number of carbonyl (C=O) groups excluding carboxylic acids is 1. The summed E-state index contributed by atoms with van der Waals surface area (Å²) in [5.41, 5.74) is 1.26. The number of aromatic nitrogens is 3. The monoisotopic (exact) mass is 448 g/mol. The summed E-state index contributed by atoms with van der Waals surface area (Å²) in [5.74, 6) is 2.24. The highest BCUT2D eigenvalue weighted by molar-refractivity contribution is 9.10. The van der Waals surface area contributed by atoms with Gasteiger partial charge in [0.2, 0.25) is 5.88 Å². The fourth-order valence-electron chi connectivity index (χ4n) is 2.73. The number of hydrogen-bond donors (Lipinski definition) is 1. The Morgan fingerprint density at radius 1 is 1.00 bits per heavy atom. The summed E-state index contributed by atoms with van der Waals surface area (Å²) in [6.45, 7) is 1.82. The second-order valence-electron chi connectivity index (χ2n) is 6.29. The number of hydrogen-bond acceptors (Lipinski definition) is 4. The minimum atomic E-state index is -0.172. The van der Waals surface area contributed by atoms with E-state index in [2.05, 4.69) is 31.2 Å². The van der Waals surface area contributed by atoms with Crippen LogP contribution in [0.3, 0.4) is 0 Å². The number of ether oxygens (including phenoxy) is 1. The zero-order chi connectivity index (χ0) is 20.2. The summed E-state index contributed by atoms with van der Waals surface area (Å²) in [6, 6.07) is 19.9. The van der Waals surface area contributed by atoms with Crippen LogP contribution in [0.4, 0.5) is 5.69 Å². The molecular weight excluding hydrogens is 432 g/mol. The highest BCUT2D eigenvalue weighted by Crippen LogP contribution is 2.23. The van der Waals surface area contributed by atoms with Crippen LogP contribution in [0.2, 0.25) is 0 Å². The molecule has 0 atom stereocenters. The zero-order valence-corrected chi connectivity index (χ0v) is 17.1. The van der Waals surface area contributed by atoms with E-state index in [1.165, 1.54) is 0 Å². The number of nitrogens with one attached hydrogen (secondary N) is 1. The molecule has 0 fully saturated rings. The fraction of sp³-hybridized carbons (Fsp3) is 0.0455. The molecule has 0 radical (unpaired) electrons. The Morgan fingerprint density at radius 2 is 1.69 bits per heavy atom. The molecule has 2 aromatic heterocycles. The van der Waals surface area contributed by atoms with Crippen LogP contribution in [-0.4, -0.2) is 20.4 Å². The van der Waals surface area contributed by atoms with Crippen LogP contribution in [0.25, 0.3) is 5.82 Å². The molecule has 0 saturated carbocycles. The number of nitrogens with zero attached hydrogens (tertiary/aromatic N) is 3. The van der Waals surface area contributed by atoms with E-state index in [0.29, 0.717) is 28.7 Å². The normalized spacial score (nSPS) is 10.6. The van der Waals surface area contributed by atoms with Gasteiger partial charge in [-0.1, -0.05) is 15.9 Å². The molecule has 0 saturated heterocycles. The number of rotatable bonds is 5. The molecular formula is C22H17BrN4O2. The van der Waals surface area contributed by atoms with Crippen molar-refractivity contribution in [1.29, 1.82) is 0 Å². The summed E-state index contributed by atoms with van der Waals surface area (Å²) >= 11 is 3.36. The summed E-state index contributed by atoms with van der Waals surface area (Å²) < 4.78 is 8.69. The first-order valence-electron chi connectivity index (χ1n) is 8.91. The van der Waals surface area contributed by atoms with Crippen molar-refractivity contribution in [3.8, 4) is 17.4 Å². The number of aryl methyl sites for hydroxylation is 1. The van der Waals surface area contributed by atoms with Crippen LogP contribution in [0.15, 0.2) is 83.6 Å². The van der Waals surface area contributed by atoms with Crippen LogP contribution in [0.1, 0.15) is 16.2 Å². The van der Waals surface area contributed by atoms with Crippen LogP contribution >= 0.6 is 15.9 Å². The van der Waals surface area contributed by atoms with Crippen molar-refractivity contribution < 1.29 is 9.53 Å². The van der Waals surface area contributed by atoms with Crippen molar-refractivity contribution in [3.63, 3.8) is 0 Å². The highest BCUT2D eigenvalue weighted by Gasteiger charge is 2.08. The third-order valence-electron chi connectivity index (χ3n) is 4.11. The van der Waals surface area contributed by atoms with Crippen molar-refractivity contribution >= 4 is 27.5 Å². The SMILES string of the molecule is Cc1nc(Oc2ccc(NC(=O)c3ccc(Br)cc3)cc2)cc(-n2cccc2)n1. The van der Waals surface area contributed by atoms with E-state index < -0.39 is 0 Å². The van der Waals surface area contributed by atoms with E-state index in [4.69, 9.17) is 4.74 Å². The maximum Gasteiger partial charge on any atom is 0.255 e. The summed E-state index contributed by atoms with van der Waals surface area (Å²) in [6.07, 6.45) is 3.82. The molecule has 0 bridgehead atoms. The van der Waals surface area contributed by atoms with E-state index in [9.17, 15) is 4.79 Å². The molecule has 1 amide bonds. The average molecular weight is 449 g/mol. The standard InChI is InChI=1S/C22H17BrN4O2/c1-15-24-20(27-12-2-3-13-27)14-21(25-15)29-19-10-8-18(9-11-19)26-22(28)16-4-6-17(23)7-5-16/h2-14H,1H3,(H,26,28). The first-order chi connectivity index (χ1) is 14.1. The molecule has 2 aromatic carbocycles. The van der Waals surface area contributed by atoms with Gasteiger partial charge in [-0.25, -0.2) is 4.98 Å². The highest BCUT2D eigenvalue weighted by atomic mass is 79.9. The predicted octanol–water partition coefficient (Wildman–Crippen LogP) is 5.38. The first kappa shape index (κ1) is 18.9. The lowest BCUT2D eigenvalue weighted by molar-refractivity contribution is 0.102. The van der Waals surface area contributed by atoms with Crippen molar-refractivity contribution in [2.24, 2.45) is 0 Å². The Kier molecular flexibility index (Phi) is 5.39. The molecule has 2 heterocycles. The van der Waals surface area contributed by atoms with Gasteiger partial charge in [0.25, 0.3) is 5.91 Å². The molecule has 0 aliphatic heterocycles. The van der Waals surface area contributed by atoms with Gasteiger partial charge in [-0.05, 0) is 67.6 Å². The van der Waals surface area contributed by atoms with E-state index in [1.54, 1.807) is 42.5 Å². The van der Waals surface area contributed by atoms with Crippen LogP contribution in [-0.2, 0) is 0 Å². The quantitative estimate of drug-likeness (QED) is 0.444. The Labute approximate surface area is 176 Å². The lowest BCUT2D eigenvalue weighted by Crippen LogP contribution is -2.11. The predicted molar refractivity (Wildman–Crippen MR) is 115 cm³/mol. The molecule has 0 unspecified atom stereocenters. The second-order valence-corrected chi connectivity index (χ2v) is 7.21. The average Bonchev–Trinajstić information content (AvgIpc) is 3.24. The molecule has 6 nitrogen and oxygen atoms in total. The Bertz CT molecular complexity index is 1120.